The Morgan fingerprint density at radius 1 is 1.17 bits per heavy atom. The fourth-order valence-electron chi connectivity index (χ4n) is 4.17. The van der Waals surface area contributed by atoms with Gasteiger partial charge in [-0.25, -0.2) is 0 Å². The van der Waals surface area contributed by atoms with Gasteiger partial charge < -0.3 is 10.0 Å². The number of hydrogen-bond donors (Lipinski definition) is 1. The second kappa shape index (κ2) is 8.81. The van der Waals surface area contributed by atoms with Crippen molar-refractivity contribution >= 4 is 11.9 Å². The van der Waals surface area contributed by atoms with Crippen LogP contribution in [0.4, 0.5) is 0 Å². The van der Waals surface area contributed by atoms with Gasteiger partial charge in [0.2, 0.25) is 5.91 Å². The van der Waals surface area contributed by atoms with Crippen molar-refractivity contribution in [1.82, 2.24) is 14.7 Å². The van der Waals surface area contributed by atoms with Crippen LogP contribution in [0.1, 0.15) is 52.4 Å². The van der Waals surface area contributed by atoms with Crippen LogP contribution in [0, 0.1) is 0 Å². The number of amides is 1. The van der Waals surface area contributed by atoms with E-state index in [0.717, 1.165) is 51.7 Å². The molecular formula is C18H33N3O3. The maximum absolute atomic E-state index is 12.9. The summed E-state index contributed by atoms with van der Waals surface area (Å²) in [6.07, 6.45) is 6.39. The van der Waals surface area contributed by atoms with Crippen LogP contribution in [-0.4, -0.2) is 83.0 Å². The average molecular weight is 339 g/mol. The van der Waals surface area contributed by atoms with Gasteiger partial charge in [0.25, 0.3) is 0 Å². The van der Waals surface area contributed by atoms with Crippen LogP contribution < -0.4 is 0 Å². The van der Waals surface area contributed by atoms with Gasteiger partial charge in [-0.15, -0.1) is 0 Å². The third-order valence-corrected chi connectivity index (χ3v) is 5.79. The summed E-state index contributed by atoms with van der Waals surface area (Å²) in [7, 11) is 1.88. The van der Waals surface area contributed by atoms with E-state index in [1.54, 1.807) is 0 Å². The van der Waals surface area contributed by atoms with E-state index in [1.807, 2.05) is 18.9 Å². The summed E-state index contributed by atoms with van der Waals surface area (Å²) in [6, 6.07) is 0.647. The molecule has 2 heterocycles. The third kappa shape index (κ3) is 4.70. The van der Waals surface area contributed by atoms with Crippen molar-refractivity contribution in [3.63, 3.8) is 0 Å². The molecule has 138 valence electrons. The van der Waals surface area contributed by atoms with Gasteiger partial charge in [0.05, 0.1) is 12.6 Å². The number of likely N-dealkylation sites (N-methyl/N-ethyl adjacent to an activating group) is 1. The second-order valence-corrected chi connectivity index (χ2v) is 7.34. The van der Waals surface area contributed by atoms with Gasteiger partial charge in [-0.1, -0.05) is 6.92 Å². The zero-order valence-corrected chi connectivity index (χ0v) is 15.4. The molecule has 2 aliphatic heterocycles. The number of likely N-dealkylation sites (tertiary alicyclic amines) is 2. The van der Waals surface area contributed by atoms with Crippen LogP contribution in [0.25, 0.3) is 0 Å². The Kier molecular flexibility index (Phi) is 7.04. The van der Waals surface area contributed by atoms with Crippen LogP contribution in [0.3, 0.4) is 0 Å². The van der Waals surface area contributed by atoms with Crippen molar-refractivity contribution in [3.05, 3.63) is 0 Å². The van der Waals surface area contributed by atoms with Gasteiger partial charge in [0, 0.05) is 31.7 Å². The molecule has 0 aromatic carbocycles. The molecule has 1 amide bonds. The Labute approximate surface area is 145 Å². The molecule has 2 saturated heterocycles. The van der Waals surface area contributed by atoms with Crippen LogP contribution in [-0.2, 0) is 9.59 Å². The molecular weight excluding hydrogens is 306 g/mol. The minimum Gasteiger partial charge on any atom is -0.480 e. The molecule has 0 aliphatic carbocycles. The highest BCUT2D eigenvalue weighted by Gasteiger charge is 2.33. The summed E-state index contributed by atoms with van der Waals surface area (Å²) in [5.74, 6) is -0.502. The Balaban J connectivity index is 1.86. The summed E-state index contributed by atoms with van der Waals surface area (Å²) < 4.78 is 0. The van der Waals surface area contributed by atoms with Crippen molar-refractivity contribution in [1.29, 1.82) is 0 Å². The van der Waals surface area contributed by atoms with Crippen molar-refractivity contribution < 1.29 is 14.7 Å². The van der Waals surface area contributed by atoms with E-state index in [9.17, 15) is 9.59 Å². The average Bonchev–Trinajstić information content (AvgIpc) is 2.60. The van der Waals surface area contributed by atoms with Gasteiger partial charge >= 0.3 is 5.97 Å². The lowest BCUT2D eigenvalue weighted by molar-refractivity contribution is -0.141. The molecule has 2 atom stereocenters. The summed E-state index contributed by atoms with van der Waals surface area (Å²) >= 11 is 0. The first kappa shape index (κ1) is 19.2. The number of carbonyl (C=O) groups excluding carboxylic acids is 1. The number of carboxylic acid groups (broad SMARTS) is 1. The Morgan fingerprint density at radius 2 is 1.83 bits per heavy atom. The minimum absolute atomic E-state index is 0.0668. The molecule has 2 fully saturated rings. The molecule has 2 aliphatic rings. The zero-order chi connectivity index (χ0) is 17.7. The maximum Gasteiger partial charge on any atom is 0.317 e. The van der Waals surface area contributed by atoms with Crippen molar-refractivity contribution in [2.75, 3.05) is 33.2 Å². The number of carbonyl (C=O) groups is 2. The molecule has 1 N–H and O–H groups in total. The van der Waals surface area contributed by atoms with Crippen LogP contribution in [0.5, 0.6) is 0 Å². The van der Waals surface area contributed by atoms with Crippen LogP contribution in [0.2, 0.25) is 0 Å². The Bertz CT molecular complexity index is 435. The normalized spacial score (nSPS) is 25.0. The lowest BCUT2D eigenvalue weighted by atomic mass is 9.98. The number of aliphatic carboxylic acids is 1. The van der Waals surface area contributed by atoms with Gasteiger partial charge in [-0.3, -0.25) is 19.4 Å². The van der Waals surface area contributed by atoms with Crippen molar-refractivity contribution in [2.24, 2.45) is 0 Å². The Hall–Kier alpha value is -1.14. The quantitative estimate of drug-likeness (QED) is 0.797. The summed E-state index contributed by atoms with van der Waals surface area (Å²) in [5.41, 5.74) is 0. The molecule has 2 unspecified atom stereocenters. The Morgan fingerprint density at radius 3 is 2.42 bits per heavy atom. The largest absolute Gasteiger partial charge is 0.480 e. The first-order valence-electron chi connectivity index (χ1n) is 9.40. The van der Waals surface area contributed by atoms with Gasteiger partial charge in [-0.2, -0.15) is 0 Å². The number of carboxylic acids is 1. The van der Waals surface area contributed by atoms with Gasteiger partial charge in [0.15, 0.2) is 0 Å². The lowest BCUT2D eigenvalue weighted by Crippen LogP contribution is -2.55. The lowest BCUT2D eigenvalue weighted by Gasteiger charge is -2.42. The third-order valence-electron chi connectivity index (χ3n) is 5.79. The predicted octanol–water partition coefficient (Wildman–Crippen LogP) is 1.65. The fourth-order valence-corrected chi connectivity index (χ4v) is 4.17. The number of rotatable bonds is 6. The predicted molar refractivity (Wildman–Crippen MR) is 94.0 cm³/mol. The molecule has 6 nitrogen and oxygen atoms in total. The van der Waals surface area contributed by atoms with E-state index in [0.29, 0.717) is 12.1 Å². The molecule has 0 aromatic heterocycles. The van der Waals surface area contributed by atoms with E-state index < -0.39 is 5.97 Å². The summed E-state index contributed by atoms with van der Waals surface area (Å²) in [6.45, 7) is 6.93. The van der Waals surface area contributed by atoms with E-state index in [2.05, 4.69) is 16.7 Å². The van der Waals surface area contributed by atoms with Crippen LogP contribution in [0.15, 0.2) is 0 Å². The molecule has 24 heavy (non-hydrogen) atoms. The van der Waals surface area contributed by atoms with Crippen molar-refractivity contribution in [3.8, 4) is 0 Å². The van der Waals surface area contributed by atoms with Crippen molar-refractivity contribution in [2.45, 2.75) is 70.5 Å². The molecule has 0 spiro atoms. The number of hydrogen-bond acceptors (Lipinski definition) is 4. The van der Waals surface area contributed by atoms with E-state index in [1.165, 1.54) is 6.42 Å². The first-order chi connectivity index (χ1) is 11.4. The molecule has 0 bridgehead atoms. The molecule has 2 rings (SSSR count). The molecule has 0 aromatic rings. The highest BCUT2D eigenvalue weighted by atomic mass is 16.4. The van der Waals surface area contributed by atoms with Gasteiger partial charge in [0.1, 0.15) is 0 Å². The van der Waals surface area contributed by atoms with E-state index >= 15 is 0 Å². The smallest absolute Gasteiger partial charge is 0.317 e. The monoisotopic (exact) mass is 339 g/mol. The minimum atomic E-state index is -0.779. The molecule has 0 saturated carbocycles. The molecule has 0 radical (unpaired) electrons. The van der Waals surface area contributed by atoms with Crippen LogP contribution >= 0.6 is 0 Å². The van der Waals surface area contributed by atoms with E-state index in [-0.39, 0.29) is 18.5 Å². The fraction of sp³-hybridized carbons (Fsp3) is 0.889. The zero-order valence-electron chi connectivity index (χ0n) is 15.4. The van der Waals surface area contributed by atoms with Gasteiger partial charge in [-0.05, 0) is 52.5 Å². The standard InChI is InChI=1S/C18H33N3O3/c1-4-15-7-5-6-10-21(15)18(24)14(2)20-11-8-16(9-12-20)19(3)13-17(22)23/h14-16H,4-13H2,1-3H3,(H,22,23). The number of piperidine rings is 2. The summed E-state index contributed by atoms with van der Waals surface area (Å²) in [4.78, 5) is 30.1. The van der Waals surface area contributed by atoms with E-state index in [4.69, 9.17) is 5.11 Å². The second-order valence-electron chi connectivity index (χ2n) is 7.34. The highest BCUT2D eigenvalue weighted by Crippen LogP contribution is 2.23. The first-order valence-corrected chi connectivity index (χ1v) is 9.40. The number of nitrogens with zero attached hydrogens (tertiary/aromatic N) is 3. The molecule has 6 heteroatoms. The summed E-state index contributed by atoms with van der Waals surface area (Å²) in [5, 5.41) is 8.92. The maximum atomic E-state index is 12.9. The topological polar surface area (TPSA) is 64.1 Å². The highest BCUT2D eigenvalue weighted by molar-refractivity contribution is 5.82. The SMILES string of the molecule is CCC1CCCCN1C(=O)C(C)N1CCC(N(C)CC(=O)O)CC1.